The van der Waals surface area contributed by atoms with Crippen LogP contribution in [0.2, 0.25) is 0 Å². The van der Waals surface area contributed by atoms with Crippen LogP contribution in [0.3, 0.4) is 0 Å². The van der Waals surface area contributed by atoms with E-state index in [0.29, 0.717) is 13.1 Å². The van der Waals surface area contributed by atoms with Crippen molar-refractivity contribution in [3.8, 4) is 0 Å². The van der Waals surface area contributed by atoms with Gasteiger partial charge in [0, 0.05) is 5.69 Å². The van der Waals surface area contributed by atoms with Crippen LogP contribution < -0.4 is 4.90 Å². The minimum atomic E-state index is -0.597. The van der Waals surface area contributed by atoms with Crippen molar-refractivity contribution in [2.75, 3.05) is 24.5 Å². The first-order chi connectivity index (χ1) is 8.69. The Morgan fingerprint density at radius 3 is 2.33 bits per heavy atom. The molecule has 0 aliphatic carbocycles. The molecule has 1 aliphatic heterocycles. The van der Waals surface area contributed by atoms with E-state index in [0.717, 1.165) is 5.69 Å². The summed E-state index contributed by atoms with van der Waals surface area (Å²) in [6, 6.07) is 8.76. The lowest BCUT2D eigenvalue weighted by Crippen LogP contribution is -2.44. The lowest BCUT2D eigenvalue weighted by atomic mass is 10.2. The van der Waals surface area contributed by atoms with Gasteiger partial charge < -0.3 is 4.90 Å². The minimum absolute atomic E-state index is 0.00690. The van der Waals surface area contributed by atoms with E-state index in [2.05, 4.69) is 0 Å². The summed E-state index contributed by atoms with van der Waals surface area (Å²) in [6.45, 7) is 5.54. The quantitative estimate of drug-likeness (QED) is 0.752. The van der Waals surface area contributed by atoms with E-state index in [9.17, 15) is 9.59 Å². The molecule has 18 heavy (non-hydrogen) atoms. The predicted molar refractivity (Wildman–Crippen MR) is 70.5 cm³/mol. The normalized spacial score (nSPS) is 19.9. The number of benzene rings is 1. The Labute approximate surface area is 107 Å². The molecule has 1 atom stereocenters. The fourth-order valence-corrected chi connectivity index (χ4v) is 2.38. The third-order valence-corrected chi connectivity index (χ3v) is 3.36. The van der Waals surface area contributed by atoms with Gasteiger partial charge in [0.05, 0.1) is 6.54 Å². The second kappa shape index (κ2) is 5.31. The number of anilines is 1. The number of nitrogens with zero attached hydrogens (tertiary/aromatic N) is 2. The predicted octanol–water partition coefficient (Wildman–Crippen LogP) is 1.31. The molecular formula is C14H18N2O2. The molecular weight excluding hydrogens is 228 g/mol. The number of para-hydroxylation sites is 1. The molecule has 4 nitrogen and oxygen atoms in total. The molecule has 1 aliphatic rings. The van der Waals surface area contributed by atoms with Crippen molar-refractivity contribution in [1.29, 1.82) is 0 Å². The van der Waals surface area contributed by atoms with Gasteiger partial charge in [-0.2, -0.15) is 0 Å². The smallest absolute Gasteiger partial charge is 0.252 e. The molecule has 1 heterocycles. The van der Waals surface area contributed by atoms with Crippen LogP contribution in [0.4, 0.5) is 5.69 Å². The molecule has 0 radical (unpaired) electrons. The zero-order valence-corrected chi connectivity index (χ0v) is 10.8. The van der Waals surface area contributed by atoms with Crippen molar-refractivity contribution in [2.45, 2.75) is 19.9 Å². The Bertz CT molecular complexity index is 440. The Morgan fingerprint density at radius 2 is 1.78 bits per heavy atom. The zero-order valence-electron chi connectivity index (χ0n) is 10.8. The van der Waals surface area contributed by atoms with Crippen molar-refractivity contribution in [3.63, 3.8) is 0 Å². The van der Waals surface area contributed by atoms with Crippen LogP contribution in [0.1, 0.15) is 13.8 Å². The molecule has 1 amide bonds. The van der Waals surface area contributed by atoms with Gasteiger partial charge in [-0.25, -0.2) is 0 Å². The van der Waals surface area contributed by atoms with Crippen LogP contribution in [0.5, 0.6) is 0 Å². The molecule has 0 saturated carbocycles. The Balaban J connectivity index is 2.24. The van der Waals surface area contributed by atoms with Crippen molar-refractivity contribution in [1.82, 2.24) is 4.90 Å². The lowest BCUT2D eigenvalue weighted by Gasteiger charge is -2.23. The molecule has 1 fully saturated rings. The van der Waals surface area contributed by atoms with Crippen molar-refractivity contribution < 1.29 is 9.59 Å². The van der Waals surface area contributed by atoms with E-state index in [1.54, 1.807) is 4.90 Å². The first-order valence-electron chi connectivity index (χ1n) is 6.32. The minimum Gasteiger partial charge on any atom is -0.303 e. The Kier molecular flexibility index (Phi) is 3.77. The Hall–Kier alpha value is -1.68. The molecule has 96 valence electrons. The summed E-state index contributed by atoms with van der Waals surface area (Å²) in [7, 11) is 0. The molecule has 4 heteroatoms. The summed E-state index contributed by atoms with van der Waals surface area (Å²) in [6.07, 6.45) is 0. The number of hydrogen-bond acceptors (Lipinski definition) is 3. The topological polar surface area (TPSA) is 40.6 Å². The van der Waals surface area contributed by atoms with Gasteiger partial charge in [0.1, 0.15) is 0 Å². The zero-order chi connectivity index (χ0) is 13.1. The number of hydrogen-bond donors (Lipinski definition) is 0. The number of carbonyl (C=O) groups excluding carboxylic acids is 2. The summed E-state index contributed by atoms with van der Waals surface area (Å²) < 4.78 is 0. The number of ketones is 1. The fourth-order valence-electron chi connectivity index (χ4n) is 2.38. The van der Waals surface area contributed by atoms with Gasteiger partial charge in [0.2, 0.25) is 0 Å². The fraction of sp³-hybridized carbons (Fsp3) is 0.429. The maximum atomic E-state index is 12.3. The first kappa shape index (κ1) is 12.8. The number of amides is 1. The molecule has 1 saturated heterocycles. The van der Waals surface area contributed by atoms with Gasteiger partial charge in [0.25, 0.3) is 5.91 Å². The monoisotopic (exact) mass is 246 g/mol. The molecule has 1 unspecified atom stereocenters. The van der Waals surface area contributed by atoms with Crippen LogP contribution in [0.25, 0.3) is 0 Å². The summed E-state index contributed by atoms with van der Waals surface area (Å²) in [5.41, 5.74) is 0.797. The summed E-state index contributed by atoms with van der Waals surface area (Å²) in [5.74, 6) is -0.109. The third kappa shape index (κ3) is 2.16. The third-order valence-electron chi connectivity index (χ3n) is 3.36. The van der Waals surface area contributed by atoms with Gasteiger partial charge in [0.15, 0.2) is 11.8 Å². The highest BCUT2D eigenvalue weighted by Gasteiger charge is 2.42. The number of carbonyl (C=O) groups is 2. The molecule has 2 rings (SSSR count). The van der Waals surface area contributed by atoms with Crippen molar-refractivity contribution in [2.24, 2.45) is 0 Å². The number of Topliss-reactive ketones (excluding diaryl/α,β-unsaturated/α-hetero) is 1. The molecule has 0 aromatic heterocycles. The second-order valence-corrected chi connectivity index (χ2v) is 4.35. The highest BCUT2D eigenvalue weighted by atomic mass is 16.2. The molecule has 0 N–H and O–H groups in total. The van der Waals surface area contributed by atoms with E-state index in [-0.39, 0.29) is 18.2 Å². The van der Waals surface area contributed by atoms with Crippen LogP contribution in [0.15, 0.2) is 30.3 Å². The summed E-state index contributed by atoms with van der Waals surface area (Å²) in [4.78, 5) is 27.8. The highest BCUT2D eigenvalue weighted by Crippen LogP contribution is 2.22. The highest BCUT2D eigenvalue weighted by molar-refractivity contribution is 6.20. The van der Waals surface area contributed by atoms with E-state index >= 15 is 0 Å². The van der Waals surface area contributed by atoms with Crippen LogP contribution in [-0.4, -0.2) is 42.3 Å². The van der Waals surface area contributed by atoms with Crippen molar-refractivity contribution in [3.05, 3.63) is 30.3 Å². The van der Waals surface area contributed by atoms with Gasteiger partial charge in [-0.15, -0.1) is 0 Å². The van der Waals surface area contributed by atoms with E-state index in [1.165, 1.54) is 0 Å². The van der Waals surface area contributed by atoms with E-state index in [1.807, 2.05) is 49.1 Å². The largest absolute Gasteiger partial charge is 0.303 e. The lowest BCUT2D eigenvalue weighted by molar-refractivity contribution is -0.128. The molecule has 0 bridgehead atoms. The van der Waals surface area contributed by atoms with E-state index < -0.39 is 6.04 Å². The van der Waals surface area contributed by atoms with Crippen LogP contribution in [0, 0.1) is 0 Å². The van der Waals surface area contributed by atoms with Gasteiger partial charge in [-0.1, -0.05) is 32.0 Å². The SMILES string of the molecule is CCN(CC)C1C(=O)CN(c2ccccc2)C1=O. The first-order valence-corrected chi connectivity index (χ1v) is 6.32. The summed E-state index contributed by atoms with van der Waals surface area (Å²) >= 11 is 0. The second-order valence-electron chi connectivity index (χ2n) is 4.35. The maximum Gasteiger partial charge on any atom is 0.252 e. The summed E-state index contributed by atoms with van der Waals surface area (Å²) in [5, 5.41) is 0. The standard InChI is InChI=1S/C14H18N2O2/c1-3-15(4-2)13-12(17)10-16(14(13)18)11-8-6-5-7-9-11/h5-9,13H,3-4,10H2,1-2H3. The van der Waals surface area contributed by atoms with Crippen molar-refractivity contribution >= 4 is 17.4 Å². The van der Waals surface area contributed by atoms with Crippen LogP contribution in [-0.2, 0) is 9.59 Å². The van der Waals surface area contributed by atoms with Crippen LogP contribution >= 0.6 is 0 Å². The average Bonchev–Trinajstić information content (AvgIpc) is 2.69. The molecule has 1 aromatic rings. The maximum absolute atomic E-state index is 12.3. The van der Waals surface area contributed by atoms with Gasteiger partial charge in [-0.05, 0) is 25.2 Å². The number of likely N-dealkylation sites (N-methyl/N-ethyl adjacent to an activating group) is 1. The van der Waals surface area contributed by atoms with Gasteiger partial charge in [-0.3, -0.25) is 14.5 Å². The van der Waals surface area contributed by atoms with E-state index in [4.69, 9.17) is 0 Å². The molecule has 1 aromatic carbocycles. The average molecular weight is 246 g/mol. The Morgan fingerprint density at radius 1 is 1.17 bits per heavy atom. The number of rotatable bonds is 4. The molecule has 0 spiro atoms. The van der Waals surface area contributed by atoms with Gasteiger partial charge >= 0.3 is 0 Å².